The maximum Gasteiger partial charge on any atom is 0.410 e. The van der Waals surface area contributed by atoms with E-state index in [0.29, 0.717) is 6.04 Å². The molecule has 1 amide bonds. The molecule has 144 valence electrons. The predicted molar refractivity (Wildman–Crippen MR) is 105 cm³/mol. The van der Waals surface area contributed by atoms with Crippen LogP contribution >= 0.6 is 0 Å². The van der Waals surface area contributed by atoms with Crippen LogP contribution in [0.2, 0.25) is 0 Å². The average molecular weight is 360 g/mol. The fourth-order valence-corrected chi connectivity index (χ4v) is 3.88. The Hall–Kier alpha value is -1.75. The molecule has 0 saturated carbocycles. The smallest absolute Gasteiger partial charge is 0.410 e. The van der Waals surface area contributed by atoms with Gasteiger partial charge in [-0.2, -0.15) is 0 Å². The topological polar surface area (TPSA) is 44.8 Å². The van der Waals surface area contributed by atoms with Crippen LogP contribution in [0, 0.1) is 0 Å². The molecule has 0 bridgehead atoms. The zero-order chi connectivity index (χ0) is 18.7. The maximum atomic E-state index is 12.6. The summed E-state index contributed by atoms with van der Waals surface area (Å²) in [5.74, 6) is 0. The van der Waals surface area contributed by atoms with Crippen molar-refractivity contribution in [3.8, 4) is 0 Å². The Kier molecular flexibility index (Phi) is 5.76. The minimum atomic E-state index is -0.457. The van der Waals surface area contributed by atoms with Gasteiger partial charge in [-0.3, -0.25) is 0 Å². The minimum Gasteiger partial charge on any atom is -0.444 e. The van der Waals surface area contributed by atoms with Crippen molar-refractivity contribution >= 4 is 11.8 Å². The van der Waals surface area contributed by atoms with E-state index in [4.69, 9.17) is 4.74 Å². The van der Waals surface area contributed by atoms with Gasteiger partial charge in [0.1, 0.15) is 5.60 Å². The second-order valence-electron chi connectivity index (χ2n) is 8.68. The number of carbonyl (C=O) groups is 1. The van der Waals surface area contributed by atoms with Gasteiger partial charge >= 0.3 is 6.09 Å². The summed E-state index contributed by atoms with van der Waals surface area (Å²) >= 11 is 0. The van der Waals surface area contributed by atoms with Crippen molar-refractivity contribution in [3.05, 3.63) is 29.8 Å². The molecule has 2 saturated heterocycles. The molecule has 1 atom stereocenters. The number of nitrogens with one attached hydrogen (secondary N) is 1. The van der Waals surface area contributed by atoms with Crippen LogP contribution in [0.3, 0.4) is 0 Å². The fourth-order valence-electron chi connectivity index (χ4n) is 3.88. The third kappa shape index (κ3) is 4.91. The highest BCUT2D eigenvalue weighted by Gasteiger charge is 2.33. The number of likely N-dealkylation sites (tertiary alicyclic amines) is 2. The third-order valence-electron chi connectivity index (χ3n) is 5.24. The standard InChI is InChI=1S/C21H33N3O2/c1-21(2,3)26-20(25)24-12-6-9-19(24)16-7-5-8-18(15-16)22-17-10-13-23(4)14-11-17/h5,7-8,15,17,19,22H,6,9-14H2,1-4H3. The summed E-state index contributed by atoms with van der Waals surface area (Å²) in [5, 5.41) is 3.69. The second kappa shape index (κ2) is 7.87. The molecular weight excluding hydrogens is 326 g/mol. The van der Waals surface area contributed by atoms with E-state index in [9.17, 15) is 4.79 Å². The third-order valence-corrected chi connectivity index (χ3v) is 5.24. The molecule has 2 fully saturated rings. The second-order valence-corrected chi connectivity index (χ2v) is 8.68. The zero-order valence-electron chi connectivity index (χ0n) is 16.6. The fraction of sp³-hybridized carbons (Fsp3) is 0.667. The first kappa shape index (κ1) is 19.0. The largest absolute Gasteiger partial charge is 0.444 e. The lowest BCUT2D eigenvalue weighted by atomic mass is 10.0. The summed E-state index contributed by atoms with van der Waals surface area (Å²) in [4.78, 5) is 16.8. The summed E-state index contributed by atoms with van der Waals surface area (Å²) in [5.41, 5.74) is 1.90. The molecule has 5 nitrogen and oxygen atoms in total. The van der Waals surface area contributed by atoms with Crippen molar-refractivity contribution in [2.24, 2.45) is 0 Å². The van der Waals surface area contributed by atoms with Gasteiger partial charge in [0.15, 0.2) is 0 Å². The van der Waals surface area contributed by atoms with Gasteiger partial charge in [0, 0.05) is 18.3 Å². The Morgan fingerprint density at radius 2 is 1.88 bits per heavy atom. The lowest BCUT2D eigenvalue weighted by Gasteiger charge is -2.31. The number of anilines is 1. The highest BCUT2D eigenvalue weighted by Crippen LogP contribution is 2.34. The molecule has 1 aromatic carbocycles. The SMILES string of the molecule is CN1CCC(Nc2cccc(C3CCCN3C(=O)OC(C)(C)C)c2)CC1. The first-order valence-electron chi connectivity index (χ1n) is 9.86. The first-order chi connectivity index (χ1) is 12.3. The van der Waals surface area contributed by atoms with Crippen LogP contribution in [0.25, 0.3) is 0 Å². The maximum absolute atomic E-state index is 12.6. The monoisotopic (exact) mass is 359 g/mol. The number of amides is 1. The summed E-state index contributed by atoms with van der Waals surface area (Å²) in [6.45, 7) is 8.82. The van der Waals surface area contributed by atoms with Crippen molar-refractivity contribution in [1.29, 1.82) is 0 Å². The summed E-state index contributed by atoms with van der Waals surface area (Å²) in [6, 6.07) is 9.22. The average Bonchev–Trinajstić information content (AvgIpc) is 3.06. The van der Waals surface area contributed by atoms with Crippen LogP contribution in [0.5, 0.6) is 0 Å². The van der Waals surface area contributed by atoms with E-state index in [1.54, 1.807) is 0 Å². The molecule has 1 unspecified atom stereocenters. The van der Waals surface area contributed by atoms with E-state index in [-0.39, 0.29) is 12.1 Å². The number of ether oxygens (including phenoxy) is 1. The minimum absolute atomic E-state index is 0.115. The van der Waals surface area contributed by atoms with Crippen molar-refractivity contribution < 1.29 is 9.53 Å². The number of carbonyl (C=O) groups excluding carboxylic acids is 1. The van der Waals surface area contributed by atoms with E-state index < -0.39 is 5.60 Å². The van der Waals surface area contributed by atoms with Crippen LogP contribution < -0.4 is 5.32 Å². The van der Waals surface area contributed by atoms with Gasteiger partial charge in [-0.25, -0.2) is 4.79 Å². The molecule has 26 heavy (non-hydrogen) atoms. The van der Waals surface area contributed by atoms with E-state index in [2.05, 4.69) is 41.5 Å². The van der Waals surface area contributed by atoms with Crippen LogP contribution in [0.4, 0.5) is 10.5 Å². The molecule has 2 heterocycles. The quantitative estimate of drug-likeness (QED) is 0.876. The summed E-state index contributed by atoms with van der Waals surface area (Å²) in [7, 11) is 2.18. The normalized spacial score (nSPS) is 22.5. The molecule has 5 heteroatoms. The van der Waals surface area contributed by atoms with Gasteiger partial charge in [0.25, 0.3) is 0 Å². The van der Waals surface area contributed by atoms with Crippen LogP contribution in [-0.4, -0.2) is 54.2 Å². The van der Waals surface area contributed by atoms with Crippen LogP contribution in [0.1, 0.15) is 58.1 Å². The van der Waals surface area contributed by atoms with E-state index in [1.165, 1.54) is 18.4 Å². The first-order valence-corrected chi connectivity index (χ1v) is 9.86. The van der Waals surface area contributed by atoms with Crippen molar-refractivity contribution in [2.75, 3.05) is 32.0 Å². The molecule has 0 aliphatic carbocycles. The van der Waals surface area contributed by atoms with Crippen LogP contribution in [-0.2, 0) is 4.74 Å². The van der Waals surface area contributed by atoms with Gasteiger partial charge in [-0.05, 0) is 84.3 Å². The van der Waals surface area contributed by atoms with E-state index in [0.717, 1.165) is 38.2 Å². The highest BCUT2D eigenvalue weighted by molar-refractivity contribution is 5.69. The van der Waals surface area contributed by atoms with Crippen molar-refractivity contribution in [1.82, 2.24) is 9.80 Å². The Labute approximate surface area is 157 Å². The van der Waals surface area contributed by atoms with Gasteiger partial charge in [-0.1, -0.05) is 12.1 Å². The molecule has 2 aliphatic heterocycles. The van der Waals surface area contributed by atoms with Crippen molar-refractivity contribution in [3.63, 3.8) is 0 Å². The predicted octanol–water partition coefficient (Wildman–Crippen LogP) is 4.26. The number of piperidine rings is 1. The molecule has 0 spiro atoms. The molecule has 1 N–H and O–H groups in total. The summed E-state index contributed by atoms with van der Waals surface area (Å²) in [6.07, 6.45) is 4.17. The van der Waals surface area contributed by atoms with Gasteiger partial charge < -0.3 is 19.9 Å². The van der Waals surface area contributed by atoms with E-state index >= 15 is 0 Å². The number of benzene rings is 1. The molecule has 1 aromatic rings. The Bertz CT molecular complexity index is 618. The van der Waals surface area contributed by atoms with Gasteiger partial charge in [-0.15, -0.1) is 0 Å². The Balaban J connectivity index is 1.67. The molecule has 0 aromatic heterocycles. The van der Waals surface area contributed by atoms with Gasteiger partial charge in [0.2, 0.25) is 0 Å². The van der Waals surface area contributed by atoms with Gasteiger partial charge in [0.05, 0.1) is 6.04 Å². The lowest BCUT2D eigenvalue weighted by Crippen LogP contribution is -2.37. The highest BCUT2D eigenvalue weighted by atomic mass is 16.6. The molecular formula is C21H33N3O2. The molecule has 3 rings (SSSR count). The lowest BCUT2D eigenvalue weighted by molar-refractivity contribution is 0.0224. The molecule has 2 aliphatic rings. The summed E-state index contributed by atoms with van der Waals surface area (Å²) < 4.78 is 5.60. The van der Waals surface area contributed by atoms with E-state index in [1.807, 2.05) is 25.7 Å². The number of nitrogens with zero attached hydrogens (tertiary/aromatic N) is 2. The number of hydrogen-bond donors (Lipinski definition) is 1. The Morgan fingerprint density at radius 3 is 2.58 bits per heavy atom. The number of rotatable bonds is 3. The number of hydrogen-bond acceptors (Lipinski definition) is 4. The molecule has 0 radical (unpaired) electrons. The zero-order valence-corrected chi connectivity index (χ0v) is 16.6. The van der Waals surface area contributed by atoms with Crippen LogP contribution in [0.15, 0.2) is 24.3 Å². The van der Waals surface area contributed by atoms with Crippen molar-refractivity contribution in [2.45, 2.75) is 64.1 Å². The Morgan fingerprint density at radius 1 is 1.15 bits per heavy atom.